The number of carbonyl (C=O) groups is 2. The second-order valence-electron chi connectivity index (χ2n) is 8.57. The van der Waals surface area contributed by atoms with Crippen LogP contribution in [0, 0.1) is 11.8 Å². The van der Waals surface area contributed by atoms with Crippen LogP contribution in [0.25, 0.3) is 0 Å². The van der Waals surface area contributed by atoms with E-state index in [1.807, 2.05) is 18.7 Å². The normalized spacial score (nSPS) is 32.6. The van der Waals surface area contributed by atoms with Gasteiger partial charge in [-0.2, -0.15) is 0 Å². The van der Waals surface area contributed by atoms with E-state index in [-0.39, 0.29) is 41.7 Å². The van der Waals surface area contributed by atoms with Crippen molar-refractivity contribution in [3.8, 4) is 0 Å². The molecule has 0 bridgehead atoms. The highest BCUT2D eigenvalue weighted by atomic mass is 35.5. The van der Waals surface area contributed by atoms with Gasteiger partial charge >= 0.3 is 0 Å². The van der Waals surface area contributed by atoms with Gasteiger partial charge in [0.1, 0.15) is 12.6 Å². The molecule has 0 aromatic rings. The van der Waals surface area contributed by atoms with Crippen molar-refractivity contribution in [3.63, 3.8) is 0 Å². The Morgan fingerprint density at radius 3 is 2.24 bits per heavy atom. The van der Waals surface area contributed by atoms with Gasteiger partial charge in [-0.15, -0.1) is 11.6 Å². The fourth-order valence-corrected chi connectivity index (χ4v) is 5.18. The van der Waals surface area contributed by atoms with Crippen LogP contribution in [0.15, 0.2) is 0 Å². The fourth-order valence-electron chi connectivity index (χ4n) is 4.92. The van der Waals surface area contributed by atoms with Crippen molar-refractivity contribution in [2.75, 3.05) is 13.1 Å². The SMILES string of the molecule is CC(C)N1CC(=O)N(CC2CCCCC2)C(C2CCC(Cl)CC2)C1=O. The predicted molar refractivity (Wildman–Crippen MR) is 101 cm³/mol. The quantitative estimate of drug-likeness (QED) is 0.708. The van der Waals surface area contributed by atoms with E-state index in [4.69, 9.17) is 11.6 Å². The van der Waals surface area contributed by atoms with Gasteiger partial charge in [0.05, 0.1) is 0 Å². The molecule has 25 heavy (non-hydrogen) atoms. The van der Waals surface area contributed by atoms with E-state index in [9.17, 15) is 9.59 Å². The highest BCUT2D eigenvalue weighted by molar-refractivity contribution is 6.20. The van der Waals surface area contributed by atoms with Crippen molar-refractivity contribution in [2.45, 2.75) is 89.1 Å². The molecule has 1 aliphatic heterocycles. The lowest BCUT2D eigenvalue weighted by atomic mass is 9.80. The summed E-state index contributed by atoms with van der Waals surface area (Å²) in [6, 6.07) is -0.171. The molecule has 0 radical (unpaired) electrons. The van der Waals surface area contributed by atoms with E-state index >= 15 is 0 Å². The molecule has 0 aromatic heterocycles. The summed E-state index contributed by atoms with van der Waals surface area (Å²) in [6.07, 6.45) is 10.1. The zero-order valence-corrected chi connectivity index (χ0v) is 16.5. The first-order chi connectivity index (χ1) is 12.0. The molecule has 1 atom stereocenters. The van der Waals surface area contributed by atoms with E-state index in [1.54, 1.807) is 4.90 Å². The Bertz CT molecular complexity index is 482. The Morgan fingerprint density at radius 1 is 1.00 bits per heavy atom. The van der Waals surface area contributed by atoms with Gasteiger partial charge in [-0.25, -0.2) is 0 Å². The maximum Gasteiger partial charge on any atom is 0.246 e. The second kappa shape index (κ2) is 8.28. The molecule has 0 N–H and O–H groups in total. The first-order valence-corrected chi connectivity index (χ1v) is 10.6. The number of carbonyl (C=O) groups excluding carboxylic acids is 2. The standard InChI is InChI=1S/C20H33ClN2O2/c1-14(2)22-13-18(24)23(12-15-6-4-3-5-7-15)19(20(22)25)16-8-10-17(21)11-9-16/h14-17,19H,3-13H2,1-2H3. The van der Waals surface area contributed by atoms with E-state index < -0.39 is 0 Å². The van der Waals surface area contributed by atoms with Crippen LogP contribution in [-0.2, 0) is 9.59 Å². The molecule has 2 amide bonds. The lowest BCUT2D eigenvalue weighted by Gasteiger charge is -2.47. The molecular weight excluding hydrogens is 336 g/mol. The van der Waals surface area contributed by atoms with Crippen LogP contribution < -0.4 is 0 Å². The number of alkyl halides is 1. The Kier molecular flexibility index (Phi) is 6.30. The smallest absolute Gasteiger partial charge is 0.246 e. The summed E-state index contributed by atoms with van der Waals surface area (Å²) >= 11 is 6.28. The minimum Gasteiger partial charge on any atom is -0.329 e. The van der Waals surface area contributed by atoms with Crippen LogP contribution >= 0.6 is 11.6 Å². The molecule has 0 spiro atoms. The fraction of sp³-hybridized carbons (Fsp3) is 0.900. The van der Waals surface area contributed by atoms with Crippen LogP contribution in [0.5, 0.6) is 0 Å². The third kappa shape index (κ3) is 4.32. The summed E-state index contributed by atoms with van der Waals surface area (Å²) in [4.78, 5) is 30.0. The Labute approximate surface area is 157 Å². The molecule has 4 nitrogen and oxygen atoms in total. The molecular formula is C20H33ClN2O2. The van der Waals surface area contributed by atoms with Crippen LogP contribution in [0.2, 0.25) is 0 Å². The minimum absolute atomic E-state index is 0.0835. The van der Waals surface area contributed by atoms with E-state index in [0.29, 0.717) is 5.92 Å². The van der Waals surface area contributed by atoms with Crippen LogP contribution in [0.4, 0.5) is 0 Å². The molecule has 2 saturated carbocycles. The monoisotopic (exact) mass is 368 g/mol. The maximum absolute atomic E-state index is 13.2. The van der Waals surface area contributed by atoms with Gasteiger partial charge in [-0.3, -0.25) is 9.59 Å². The summed E-state index contributed by atoms with van der Waals surface area (Å²) in [5.74, 6) is 1.17. The van der Waals surface area contributed by atoms with Crippen molar-refractivity contribution < 1.29 is 9.59 Å². The number of piperazine rings is 1. The van der Waals surface area contributed by atoms with Crippen molar-refractivity contribution in [3.05, 3.63) is 0 Å². The molecule has 3 rings (SSSR count). The van der Waals surface area contributed by atoms with Gasteiger partial charge in [-0.05, 0) is 64.2 Å². The van der Waals surface area contributed by atoms with Crippen LogP contribution in [0.3, 0.4) is 0 Å². The Morgan fingerprint density at radius 2 is 1.64 bits per heavy atom. The van der Waals surface area contributed by atoms with E-state index in [1.165, 1.54) is 32.1 Å². The maximum atomic E-state index is 13.2. The Balaban J connectivity index is 1.79. The summed E-state index contributed by atoms with van der Waals surface area (Å²) in [5, 5.41) is 0.235. The molecule has 0 aromatic carbocycles. The highest BCUT2D eigenvalue weighted by Gasteiger charge is 2.45. The second-order valence-corrected chi connectivity index (χ2v) is 9.18. The van der Waals surface area contributed by atoms with Gasteiger partial charge in [-0.1, -0.05) is 19.3 Å². The van der Waals surface area contributed by atoms with Crippen LogP contribution in [0.1, 0.15) is 71.6 Å². The highest BCUT2D eigenvalue weighted by Crippen LogP contribution is 2.35. The van der Waals surface area contributed by atoms with Gasteiger partial charge in [0.2, 0.25) is 11.8 Å². The number of rotatable bonds is 4. The molecule has 3 fully saturated rings. The topological polar surface area (TPSA) is 40.6 Å². The van der Waals surface area contributed by atoms with E-state index in [0.717, 1.165) is 32.2 Å². The van der Waals surface area contributed by atoms with Gasteiger partial charge in [0.25, 0.3) is 0 Å². The predicted octanol–water partition coefficient (Wildman–Crippen LogP) is 3.81. The summed E-state index contributed by atoms with van der Waals surface area (Å²) < 4.78 is 0. The Hall–Kier alpha value is -0.770. The van der Waals surface area contributed by atoms with Crippen molar-refractivity contribution >= 4 is 23.4 Å². The van der Waals surface area contributed by atoms with Crippen molar-refractivity contribution in [1.82, 2.24) is 9.80 Å². The third-order valence-corrected chi connectivity index (χ3v) is 6.89. The first kappa shape index (κ1) is 19.0. The van der Waals surface area contributed by atoms with Gasteiger partial charge in [0, 0.05) is 18.0 Å². The van der Waals surface area contributed by atoms with Crippen LogP contribution in [-0.4, -0.2) is 52.2 Å². The average Bonchev–Trinajstić information content (AvgIpc) is 2.60. The summed E-state index contributed by atoms with van der Waals surface area (Å²) in [7, 11) is 0. The summed E-state index contributed by atoms with van der Waals surface area (Å²) in [6.45, 7) is 5.05. The van der Waals surface area contributed by atoms with Crippen molar-refractivity contribution in [2.24, 2.45) is 11.8 Å². The third-order valence-electron chi connectivity index (χ3n) is 6.45. The number of hydrogen-bond acceptors (Lipinski definition) is 2. The number of hydrogen-bond donors (Lipinski definition) is 0. The lowest BCUT2D eigenvalue weighted by Crippen LogP contribution is -2.64. The molecule has 1 unspecified atom stereocenters. The largest absolute Gasteiger partial charge is 0.329 e. The number of amides is 2. The molecule has 1 heterocycles. The number of nitrogens with zero attached hydrogens (tertiary/aromatic N) is 2. The molecule has 5 heteroatoms. The summed E-state index contributed by atoms with van der Waals surface area (Å²) in [5.41, 5.74) is 0. The van der Waals surface area contributed by atoms with E-state index in [2.05, 4.69) is 0 Å². The zero-order valence-electron chi connectivity index (χ0n) is 15.8. The number of halogens is 1. The molecule has 3 aliphatic rings. The van der Waals surface area contributed by atoms with Crippen molar-refractivity contribution in [1.29, 1.82) is 0 Å². The zero-order chi connectivity index (χ0) is 18.0. The molecule has 142 valence electrons. The first-order valence-electron chi connectivity index (χ1n) is 10.2. The molecule has 2 aliphatic carbocycles. The lowest BCUT2D eigenvalue weighted by molar-refractivity contribution is -0.161. The minimum atomic E-state index is -0.255. The van der Waals surface area contributed by atoms with Gasteiger partial charge < -0.3 is 9.80 Å². The molecule has 1 saturated heterocycles. The van der Waals surface area contributed by atoms with Gasteiger partial charge in [0.15, 0.2) is 0 Å². The average molecular weight is 369 g/mol.